The SMILES string of the molecule is CN(CCCCC(C)(C)C#N)Cc1ccco1. The van der Waals surface area contributed by atoms with E-state index in [0.717, 1.165) is 38.1 Å². The second-order valence-electron chi connectivity index (χ2n) is 5.27. The Labute approximate surface area is 104 Å². The second kappa shape index (κ2) is 6.46. The molecule has 0 aliphatic carbocycles. The number of hydrogen-bond donors (Lipinski definition) is 0. The zero-order valence-electron chi connectivity index (χ0n) is 11.1. The summed E-state index contributed by atoms with van der Waals surface area (Å²) < 4.78 is 5.30. The minimum atomic E-state index is -0.181. The van der Waals surface area contributed by atoms with Gasteiger partial charge in [-0.1, -0.05) is 6.42 Å². The molecule has 3 heteroatoms. The molecule has 94 valence electrons. The van der Waals surface area contributed by atoms with Crippen molar-refractivity contribution < 1.29 is 4.42 Å². The molecule has 0 aromatic carbocycles. The summed E-state index contributed by atoms with van der Waals surface area (Å²) in [6, 6.07) is 6.25. The Bertz CT molecular complexity index is 349. The van der Waals surface area contributed by atoms with Gasteiger partial charge in [-0.15, -0.1) is 0 Å². The molecule has 1 aromatic heterocycles. The number of nitrogens with zero attached hydrogens (tertiary/aromatic N) is 2. The minimum absolute atomic E-state index is 0.181. The second-order valence-corrected chi connectivity index (χ2v) is 5.27. The predicted octanol–water partition coefficient (Wildman–Crippen LogP) is 3.43. The molecule has 0 unspecified atom stereocenters. The van der Waals surface area contributed by atoms with E-state index in [1.54, 1.807) is 6.26 Å². The third kappa shape index (κ3) is 5.55. The maximum atomic E-state index is 8.90. The molecule has 0 atom stereocenters. The van der Waals surface area contributed by atoms with Crippen molar-refractivity contribution in [1.29, 1.82) is 5.26 Å². The normalized spacial score (nSPS) is 11.7. The molecule has 0 saturated heterocycles. The first-order chi connectivity index (χ1) is 8.03. The van der Waals surface area contributed by atoms with E-state index in [0.29, 0.717) is 0 Å². The van der Waals surface area contributed by atoms with E-state index in [4.69, 9.17) is 9.68 Å². The molecular weight excluding hydrogens is 212 g/mol. The van der Waals surface area contributed by atoms with Gasteiger partial charge in [0, 0.05) is 0 Å². The Morgan fingerprint density at radius 2 is 2.18 bits per heavy atom. The van der Waals surface area contributed by atoms with E-state index in [1.807, 2.05) is 26.0 Å². The van der Waals surface area contributed by atoms with Gasteiger partial charge in [0.05, 0.1) is 24.3 Å². The number of rotatable bonds is 7. The number of nitriles is 1. The van der Waals surface area contributed by atoms with Crippen molar-refractivity contribution in [3.05, 3.63) is 24.2 Å². The van der Waals surface area contributed by atoms with E-state index < -0.39 is 0 Å². The quantitative estimate of drug-likeness (QED) is 0.678. The highest BCUT2D eigenvalue weighted by atomic mass is 16.3. The fraction of sp³-hybridized carbons (Fsp3) is 0.643. The van der Waals surface area contributed by atoms with Gasteiger partial charge in [-0.2, -0.15) is 5.26 Å². The number of unbranched alkanes of at least 4 members (excludes halogenated alkanes) is 1. The topological polar surface area (TPSA) is 40.2 Å². The van der Waals surface area contributed by atoms with Gasteiger partial charge in [0.25, 0.3) is 0 Å². The largest absolute Gasteiger partial charge is 0.468 e. The van der Waals surface area contributed by atoms with E-state index >= 15 is 0 Å². The van der Waals surface area contributed by atoms with Gasteiger partial charge in [0.15, 0.2) is 0 Å². The van der Waals surface area contributed by atoms with Crippen molar-refractivity contribution >= 4 is 0 Å². The Morgan fingerprint density at radius 3 is 2.76 bits per heavy atom. The van der Waals surface area contributed by atoms with Gasteiger partial charge in [0.2, 0.25) is 0 Å². The van der Waals surface area contributed by atoms with Crippen LogP contribution < -0.4 is 0 Å². The van der Waals surface area contributed by atoms with Gasteiger partial charge in [-0.25, -0.2) is 0 Å². The molecule has 1 heterocycles. The van der Waals surface area contributed by atoms with Crippen LogP contribution in [0.25, 0.3) is 0 Å². The van der Waals surface area contributed by atoms with Crippen LogP contribution in [0.4, 0.5) is 0 Å². The van der Waals surface area contributed by atoms with E-state index in [-0.39, 0.29) is 5.41 Å². The number of hydrogen-bond acceptors (Lipinski definition) is 3. The van der Waals surface area contributed by atoms with Crippen molar-refractivity contribution in [1.82, 2.24) is 4.90 Å². The monoisotopic (exact) mass is 234 g/mol. The van der Waals surface area contributed by atoms with Crippen molar-refractivity contribution in [2.75, 3.05) is 13.6 Å². The Kier molecular flexibility index (Phi) is 5.24. The van der Waals surface area contributed by atoms with Crippen LogP contribution in [0.2, 0.25) is 0 Å². The van der Waals surface area contributed by atoms with Crippen LogP contribution in [0.5, 0.6) is 0 Å². The molecule has 0 aliphatic heterocycles. The van der Waals surface area contributed by atoms with Crippen LogP contribution in [0.15, 0.2) is 22.8 Å². The zero-order chi connectivity index (χ0) is 12.7. The number of furan rings is 1. The lowest BCUT2D eigenvalue weighted by atomic mass is 9.89. The molecule has 0 bridgehead atoms. The Balaban J connectivity index is 2.13. The predicted molar refractivity (Wildman–Crippen MR) is 68.3 cm³/mol. The molecule has 3 nitrogen and oxygen atoms in total. The van der Waals surface area contributed by atoms with Crippen LogP contribution >= 0.6 is 0 Å². The molecule has 0 saturated carbocycles. The lowest BCUT2D eigenvalue weighted by Crippen LogP contribution is -2.19. The van der Waals surface area contributed by atoms with Gasteiger partial charge < -0.3 is 4.42 Å². The molecular formula is C14H22N2O. The standard InChI is InChI=1S/C14H22N2O/c1-14(2,12-15)8-4-5-9-16(3)11-13-7-6-10-17-13/h6-7,10H,4-5,8-9,11H2,1-3H3. The molecule has 0 aliphatic rings. The van der Waals surface area contributed by atoms with Crippen molar-refractivity contribution in [2.24, 2.45) is 5.41 Å². The summed E-state index contributed by atoms with van der Waals surface area (Å²) >= 11 is 0. The summed E-state index contributed by atoms with van der Waals surface area (Å²) in [6.45, 7) is 5.90. The van der Waals surface area contributed by atoms with Crippen LogP contribution in [-0.2, 0) is 6.54 Å². The van der Waals surface area contributed by atoms with Crippen LogP contribution in [0, 0.1) is 16.7 Å². The molecule has 0 spiro atoms. The van der Waals surface area contributed by atoms with Gasteiger partial charge in [0.1, 0.15) is 5.76 Å². The lowest BCUT2D eigenvalue weighted by Gasteiger charge is -2.17. The molecule has 0 N–H and O–H groups in total. The maximum absolute atomic E-state index is 8.90. The molecule has 0 fully saturated rings. The molecule has 1 aromatic rings. The van der Waals surface area contributed by atoms with Crippen LogP contribution in [0.1, 0.15) is 38.9 Å². The lowest BCUT2D eigenvalue weighted by molar-refractivity contribution is 0.282. The first kappa shape index (κ1) is 13.8. The zero-order valence-corrected chi connectivity index (χ0v) is 11.1. The molecule has 1 rings (SSSR count). The molecule has 0 amide bonds. The molecule has 17 heavy (non-hydrogen) atoms. The smallest absolute Gasteiger partial charge is 0.117 e. The van der Waals surface area contributed by atoms with Crippen molar-refractivity contribution in [2.45, 2.75) is 39.7 Å². The first-order valence-corrected chi connectivity index (χ1v) is 6.16. The Hall–Kier alpha value is -1.27. The van der Waals surface area contributed by atoms with E-state index in [9.17, 15) is 0 Å². The average molecular weight is 234 g/mol. The fourth-order valence-corrected chi connectivity index (χ4v) is 1.75. The average Bonchev–Trinajstić information content (AvgIpc) is 2.77. The molecule has 0 radical (unpaired) electrons. The third-order valence-electron chi connectivity index (χ3n) is 2.90. The van der Waals surface area contributed by atoms with Gasteiger partial charge in [-0.3, -0.25) is 4.90 Å². The van der Waals surface area contributed by atoms with Crippen molar-refractivity contribution in [3.63, 3.8) is 0 Å². The summed E-state index contributed by atoms with van der Waals surface area (Å²) in [5.74, 6) is 1.00. The fourth-order valence-electron chi connectivity index (χ4n) is 1.75. The van der Waals surface area contributed by atoms with E-state index in [1.165, 1.54) is 0 Å². The van der Waals surface area contributed by atoms with Crippen molar-refractivity contribution in [3.8, 4) is 6.07 Å². The Morgan fingerprint density at radius 1 is 1.41 bits per heavy atom. The third-order valence-corrected chi connectivity index (χ3v) is 2.90. The van der Waals surface area contributed by atoms with E-state index in [2.05, 4.69) is 18.0 Å². The maximum Gasteiger partial charge on any atom is 0.117 e. The van der Waals surface area contributed by atoms with Crippen LogP contribution in [0.3, 0.4) is 0 Å². The highest BCUT2D eigenvalue weighted by Crippen LogP contribution is 2.21. The summed E-state index contributed by atoms with van der Waals surface area (Å²) in [4.78, 5) is 2.25. The highest BCUT2D eigenvalue weighted by molar-refractivity contribution is 4.97. The first-order valence-electron chi connectivity index (χ1n) is 6.16. The summed E-state index contributed by atoms with van der Waals surface area (Å²) in [5, 5.41) is 8.90. The summed E-state index contributed by atoms with van der Waals surface area (Å²) in [7, 11) is 2.10. The van der Waals surface area contributed by atoms with Gasteiger partial charge in [-0.05, 0) is 52.4 Å². The summed E-state index contributed by atoms with van der Waals surface area (Å²) in [5.41, 5.74) is -0.181. The summed E-state index contributed by atoms with van der Waals surface area (Å²) in [6.07, 6.45) is 4.90. The minimum Gasteiger partial charge on any atom is -0.468 e. The highest BCUT2D eigenvalue weighted by Gasteiger charge is 2.15. The van der Waals surface area contributed by atoms with Crippen LogP contribution in [-0.4, -0.2) is 18.5 Å². The van der Waals surface area contributed by atoms with Gasteiger partial charge >= 0.3 is 0 Å².